The molecule has 96 valence electrons. The van der Waals surface area contributed by atoms with Crippen LogP contribution in [0.2, 0.25) is 0 Å². The van der Waals surface area contributed by atoms with Gasteiger partial charge in [-0.15, -0.1) is 11.3 Å². The molecule has 18 heavy (non-hydrogen) atoms. The van der Waals surface area contributed by atoms with Crippen LogP contribution in [-0.2, 0) is 6.42 Å². The highest BCUT2D eigenvalue weighted by Gasteiger charge is 2.14. The summed E-state index contributed by atoms with van der Waals surface area (Å²) in [4.78, 5) is 0. The summed E-state index contributed by atoms with van der Waals surface area (Å²) in [6.45, 7) is 0. The average molecular weight is 458 g/mol. The van der Waals surface area contributed by atoms with Gasteiger partial charge in [-0.3, -0.25) is 0 Å². The Labute approximate surface area is 134 Å². The first-order valence-corrected chi connectivity index (χ1v) is 8.31. The van der Waals surface area contributed by atoms with Gasteiger partial charge in [0.05, 0.1) is 12.0 Å². The van der Waals surface area contributed by atoms with E-state index in [-0.39, 0.29) is 11.9 Å². The van der Waals surface area contributed by atoms with Gasteiger partial charge >= 0.3 is 0 Å². The van der Waals surface area contributed by atoms with Gasteiger partial charge < -0.3 is 5.73 Å². The molecule has 0 bridgehead atoms. The molecule has 0 radical (unpaired) electrons. The SMILES string of the molecule is NC(Cc1ccc(F)c(Br)c1)c1cc(Br)sc1Br. The minimum Gasteiger partial charge on any atom is -0.324 e. The van der Waals surface area contributed by atoms with E-state index >= 15 is 0 Å². The molecule has 2 N–H and O–H groups in total. The topological polar surface area (TPSA) is 26.0 Å². The first-order valence-electron chi connectivity index (χ1n) is 5.11. The maximum Gasteiger partial charge on any atom is 0.137 e. The predicted molar refractivity (Wildman–Crippen MR) is 84.5 cm³/mol. The van der Waals surface area contributed by atoms with Crippen molar-refractivity contribution in [1.29, 1.82) is 0 Å². The van der Waals surface area contributed by atoms with Gasteiger partial charge in [-0.25, -0.2) is 4.39 Å². The number of nitrogens with two attached hydrogens (primary N) is 1. The molecule has 1 unspecified atom stereocenters. The maximum absolute atomic E-state index is 13.1. The molecule has 0 aliphatic rings. The largest absolute Gasteiger partial charge is 0.324 e. The Morgan fingerprint density at radius 2 is 1.94 bits per heavy atom. The van der Waals surface area contributed by atoms with Crippen LogP contribution in [0.25, 0.3) is 0 Å². The standard InChI is InChI=1S/C12H9Br3FNS/c13-8-3-6(1-2-9(8)16)4-10(17)7-5-11(14)18-12(7)15/h1-3,5,10H,4,17H2. The van der Waals surface area contributed by atoms with Crippen LogP contribution in [0, 0.1) is 5.82 Å². The summed E-state index contributed by atoms with van der Waals surface area (Å²) in [6, 6.07) is 6.88. The van der Waals surface area contributed by atoms with Crippen LogP contribution >= 0.6 is 59.1 Å². The van der Waals surface area contributed by atoms with Crippen molar-refractivity contribution in [2.45, 2.75) is 12.5 Å². The molecule has 1 nitrogen and oxygen atoms in total. The van der Waals surface area contributed by atoms with E-state index < -0.39 is 0 Å². The minimum absolute atomic E-state index is 0.112. The second-order valence-corrected chi connectivity index (χ2v) is 8.44. The van der Waals surface area contributed by atoms with Crippen LogP contribution in [0.3, 0.4) is 0 Å². The number of thiophene rings is 1. The zero-order chi connectivity index (χ0) is 13.3. The lowest BCUT2D eigenvalue weighted by Gasteiger charge is -2.11. The van der Waals surface area contributed by atoms with Gasteiger partial charge in [0.1, 0.15) is 5.82 Å². The van der Waals surface area contributed by atoms with Crippen molar-refractivity contribution >= 4 is 59.1 Å². The van der Waals surface area contributed by atoms with E-state index in [0.717, 1.165) is 18.7 Å². The molecule has 1 atom stereocenters. The van der Waals surface area contributed by atoms with Crippen molar-refractivity contribution in [3.05, 3.63) is 53.3 Å². The van der Waals surface area contributed by atoms with E-state index in [9.17, 15) is 4.39 Å². The van der Waals surface area contributed by atoms with Crippen LogP contribution in [-0.4, -0.2) is 0 Å². The van der Waals surface area contributed by atoms with Crippen molar-refractivity contribution < 1.29 is 4.39 Å². The van der Waals surface area contributed by atoms with Crippen molar-refractivity contribution in [2.75, 3.05) is 0 Å². The number of hydrogen-bond acceptors (Lipinski definition) is 2. The number of benzene rings is 1. The molecule has 0 saturated heterocycles. The third kappa shape index (κ3) is 3.42. The van der Waals surface area contributed by atoms with Gasteiger partial charge in [-0.2, -0.15) is 0 Å². The molecule has 1 aromatic heterocycles. The third-order valence-corrected chi connectivity index (χ3v) is 5.52. The molecule has 0 aliphatic carbocycles. The second-order valence-electron chi connectivity index (χ2n) is 3.84. The monoisotopic (exact) mass is 455 g/mol. The van der Waals surface area contributed by atoms with Gasteiger partial charge in [0, 0.05) is 6.04 Å². The lowest BCUT2D eigenvalue weighted by molar-refractivity contribution is 0.618. The summed E-state index contributed by atoms with van der Waals surface area (Å²) in [5.41, 5.74) is 8.24. The van der Waals surface area contributed by atoms with E-state index in [1.807, 2.05) is 6.07 Å². The van der Waals surface area contributed by atoms with E-state index in [1.165, 1.54) is 6.07 Å². The normalized spacial score (nSPS) is 12.7. The fourth-order valence-corrected chi connectivity index (χ4v) is 5.06. The van der Waals surface area contributed by atoms with Gasteiger partial charge in [0.25, 0.3) is 0 Å². The van der Waals surface area contributed by atoms with Crippen LogP contribution in [0.5, 0.6) is 0 Å². The summed E-state index contributed by atoms with van der Waals surface area (Å²) in [5, 5.41) is 0. The van der Waals surface area contributed by atoms with Gasteiger partial charge in [-0.1, -0.05) is 6.07 Å². The average Bonchev–Trinajstić information content (AvgIpc) is 2.63. The Morgan fingerprint density at radius 3 is 2.50 bits per heavy atom. The quantitative estimate of drug-likeness (QED) is 0.654. The smallest absolute Gasteiger partial charge is 0.137 e. The molecule has 0 fully saturated rings. The lowest BCUT2D eigenvalue weighted by Crippen LogP contribution is -2.13. The summed E-state index contributed by atoms with van der Waals surface area (Å²) >= 11 is 11.7. The summed E-state index contributed by atoms with van der Waals surface area (Å²) in [6.07, 6.45) is 0.667. The van der Waals surface area contributed by atoms with E-state index in [4.69, 9.17) is 5.73 Å². The molecule has 0 amide bonds. The number of halogens is 4. The fraction of sp³-hybridized carbons (Fsp3) is 0.167. The molecule has 2 aromatic rings. The Hall–Kier alpha value is 0.250. The van der Waals surface area contributed by atoms with Crippen molar-refractivity contribution in [3.63, 3.8) is 0 Å². The molecule has 6 heteroatoms. The number of rotatable bonds is 3. The fourth-order valence-electron chi connectivity index (χ4n) is 1.64. The highest BCUT2D eigenvalue weighted by molar-refractivity contribution is 9.12. The van der Waals surface area contributed by atoms with Crippen molar-refractivity contribution in [1.82, 2.24) is 0 Å². The van der Waals surface area contributed by atoms with Crippen LogP contribution in [0.4, 0.5) is 4.39 Å². The molecule has 0 spiro atoms. The third-order valence-electron chi connectivity index (χ3n) is 2.52. The highest BCUT2D eigenvalue weighted by Crippen LogP contribution is 2.35. The van der Waals surface area contributed by atoms with Gasteiger partial charge in [-0.05, 0) is 83.5 Å². The first-order chi connectivity index (χ1) is 8.47. The molecule has 0 saturated carbocycles. The van der Waals surface area contributed by atoms with Crippen LogP contribution in [0.1, 0.15) is 17.2 Å². The molecule has 1 aromatic carbocycles. The summed E-state index contributed by atoms with van der Waals surface area (Å²) in [5.74, 6) is -0.258. The molecule has 0 aliphatic heterocycles. The molecule has 1 heterocycles. The Bertz CT molecular complexity index is 570. The molecule has 2 rings (SSSR count). The lowest BCUT2D eigenvalue weighted by atomic mass is 10.0. The van der Waals surface area contributed by atoms with E-state index in [1.54, 1.807) is 23.5 Å². The maximum atomic E-state index is 13.1. The van der Waals surface area contributed by atoms with Crippen molar-refractivity contribution in [3.8, 4) is 0 Å². The predicted octanol–water partition coefficient (Wildman–Crippen LogP) is 5.42. The molecular weight excluding hydrogens is 449 g/mol. The summed E-state index contributed by atoms with van der Waals surface area (Å²) in [7, 11) is 0. The minimum atomic E-state index is -0.258. The zero-order valence-corrected chi connectivity index (χ0v) is 14.7. The number of hydrogen-bond donors (Lipinski definition) is 1. The Morgan fingerprint density at radius 1 is 1.22 bits per heavy atom. The second kappa shape index (κ2) is 6.13. The Kier molecular flexibility index (Phi) is 4.99. The van der Waals surface area contributed by atoms with Crippen LogP contribution < -0.4 is 5.73 Å². The van der Waals surface area contributed by atoms with Gasteiger partial charge in [0.15, 0.2) is 0 Å². The Balaban J connectivity index is 2.18. The van der Waals surface area contributed by atoms with E-state index in [0.29, 0.717) is 10.9 Å². The van der Waals surface area contributed by atoms with Crippen molar-refractivity contribution in [2.24, 2.45) is 5.73 Å². The van der Waals surface area contributed by atoms with E-state index in [2.05, 4.69) is 47.8 Å². The summed E-state index contributed by atoms with van der Waals surface area (Å²) < 4.78 is 15.7. The first kappa shape index (κ1) is 14.7. The van der Waals surface area contributed by atoms with Crippen LogP contribution in [0.15, 0.2) is 36.3 Å². The molecular formula is C12H9Br3FNS. The van der Waals surface area contributed by atoms with Gasteiger partial charge in [0.2, 0.25) is 0 Å². The highest BCUT2D eigenvalue weighted by atomic mass is 79.9. The zero-order valence-electron chi connectivity index (χ0n) is 9.09.